The Bertz CT molecular complexity index is 1260. The van der Waals surface area contributed by atoms with Gasteiger partial charge in [0.25, 0.3) is 0 Å². The van der Waals surface area contributed by atoms with Crippen LogP contribution in [-0.4, -0.2) is 40.5 Å². The summed E-state index contributed by atoms with van der Waals surface area (Å²) in [6.07, 6.45) is 0. The van der Waals surface area contributed by atoms with Crippen molar-refractivity contribution in [2.45, 2.75) is 27.3 Å². The molecule has 0 aliphatic carbocycles. The van der Waals surface area contributed by atoms with Crippen LogP contribution < -0.4 is 16.4 Å². The maximum absolute atomic E-state index is 12.7. The predicted molar refractivity (Wildman–Crippen MR) is 118 cm³/mol. The number of hydrogen-bond acceptors (Lipinski definition) is 5. The highest BCUT2D eigenvalue weighted by molar-refractivity contribution is 5.92. The summed E-state index contributed by atoms with van der Waals surface area (Å²) in [6.45, 7) is 6.02. The quantitative estimate of drug-likeness (QED) is 0.429. The molecule has 0 saturated heterocycles. The summed E-state index contributed by atoms with van der Waals surface area (Å²) in [5.74, 6) is -0.425. The van der Waals surface area contributed by atoms with Gasteiger partial charge in [-0.25, -0.2) is 9.59 Å². The normalized spacial score (nSPS) is 10.7. The largest absolute Gasteiger partial charge is 0.462 e. The van der Waals surface area contributed by atoms with Crippen molar-refractivity contribution in [2.24, 2.45) is 0 Å². The lowest BCUT2D eigenvalue weighted by Crippen LogP contribution is -2.32. The molecule has 1 aromatic heterocycles. The van der Waals surface area contributed by atoms with Gasteiger partial charge in [0.1, 0.15) is 0 Å². The number of benzene rings is 2. The number of aromatic nitrogens is 2. The van der Waals surface area contributed by atoms with Crippen molar-refractivity contribution < 1.29 is 14.3 Å². The fraction of sp³-hybridized carbons (Fsp3) is 0.273. The number of urea groups is 1. The van der Waals surface area contributed by atoms with Gasteiger partial charge in [-0.1, -0.05) is 0 Å². The summed E-state index contributed by atoms with van der Waals surface area (Å²) < 4.78 is 4.94. The summed E-state index contributed by atoms with van der Waals surface area (Å²) >= 11 is 0. The second-order valence-electron chi connectivity index (χ2n) is 7.21. The summed E-state index contributed by atoms with van der Waals surface area (Å²) in [5, 5.41) is 2.77. The highest BCUT2D eigenvalue weighted by atomic mass is 16.5. The van der Waals surface area contributed by atoms with Crippen LogP contribution in [0.1, 0.15) is 34.0 Å². The topological polar surface area (TPSA) is 124 Å². The van der Waals surface area contributed by atoms with Gasteiger partial charge in [-0.15, -0.1) is 0 Å². The molecule has 2 aromatic carbocycles. The van der Waals surface area contributed by atoms with Crippen molar-refractivity contribution >= 4 is 28.7 Å². The van der Waals surface area contributed by atoms with Crippen LogP contribution in [0.5, 0.6) is 0 Å². The van der Waals surface area contributed by atoms with Crippen LogP contribution >= 0.6 is 0 Å². The molecule has 0 aliphatic heterocycles. The molecule has 162 valence electrons. The molecule has 0 aliphatic rings. The van der Waals surface area contributed by atoms with Crippen molar-refractivity contribution in [1.29, 1.82) is 0 Å². The fourth-order valence-electron chi connectivity index (χ4n) is 3.21. The van der Waals surface area contributed by atoms with Gasteiger partial charge in [-0.3, -0.25) is 9.59 Å². The highest BCUT2D eigenvalue weighted by Gasteiger charge is 2.16. The van der Waals surface area contributed by atoms with Crippen molar-refractivity contribution in [1.82, 2.24) is 14.9 Å². The van der Waals surface area contributed by atoms with Gasteiger partial charge >= 0.3 is 23.1 Å². The number of anilines is 1. The number of fused-ring (bicyclic) bond motifs is 1. The zero-order valence-corrected chi connectivity index (χ0v) is 17.8. The maximum Gasteiger partial charge on any atom is 0.338 e. The first-order valence-electron chi connectivity index (χ1n) is 9.76. The van der Waals surface area contributed by atoms with Gasteiger partial charge in [0.05, 0.1) is 23.2 Å². The summed E-state index contributed by atoms with van der Waals surface area (Å²) in [6, 6.07) is 7.81. The number of amides is 2. The van der Waals surface area contributed by atoms with E-state index in [1.165, 1.54) is 4.90 Å². The summed E-state index contributed by atoms with van der Waals surface area (Å²) in [7, 11) is 1.62. The Morgan fingerprint density at radius 2 is 1.71 bits per heavy atom. The standard InChI is InChI=1S/C22H24N4O5/c1-5-31-21(29)14-6-8-15(9-7-14)23-22(30)26(4)11-16-13(3)12(2)10-17-18(16)25-20(28)19(27)24-17/h6-10H,5,11H2,1-4H3,(H,23,30)(H,24,27)(H,25,28). The Morgan fingerprint density at radius 1 is 1.06 bits per heavy atom. The van der Waals surface area contributed by atoms with E-state index in [4.69, 9.17) is 4.74 Å². The number of aromatic amines is 2. The summed E-state index contributed by atoms with van der Waals surface area (Å²) in [5.41, 5.74) is 3.02. The molecule has 3 rings (SSSR count). The Labute approximate surface area is 178 Å². The average Bonchev–Trinajstić information content (AvgIpc) is 2.73. The van der Waals surface area contributed by atoms with E-state index in [0.29, 0.717) is 22.3 Å². The predicted octanol–water partition coefficient (Wildman–Crippen LogP) is 2.67. The number of carbonyl (C=O) groups is 2. The van der Waals surface area contributed by atoms with Crippen molar-refractivity contribution in [3.8, 4) is 0 Å². The van der Waals surface area contributed by atoms with Gasteiger partial charge < -0.3 is 24.9 Å². The number of nitrogens with zero attached hydrogens (tertiary/aromatic N) is 1. The lowest BCUT2D eigenvalue weighted by Gasteiger charge is -2.21. The monoisotopic (exact) mass is 424 g/mol. The van der Waals surface area contributed by atoms with Gasteiger partial charge in [0.2, 0.25) is 0 Å². The molecule has 3 aromatic rings. The van der Waals surface area contributed by atoms with E-state index < -0.39 is 17.1 Å². The second kappa shape index (κ2) is 8.86. The number of hydrogen-bond donors (Lipinski definition) is 3. The third-order valence-electron chi connectivity index (χ3n) is 5.06. The van der Waals surface area contributed by atoms with Crippen molar-refractivity contribution in [3.63, 3.8) is 0 Å². The Hall–Kier alpha value is -3.88. The Balaban J connectivity index is 1.81. The number of ether oxygens (including phenoxy) is 1. The molecule has 0 saturated carbocycles. The molecular weight excluding hydrogens is 400 g/mol. The zero-order valence-electron chi connectivity index (χ0n) is 17.8. The molecule has 0 bridgehead atoms. The molecule has 1 heterocycles. The number of esters is 1. The molecule has 0 unspecified atom stereocenters. The van der Waals surface area contributed by atoms with Crippen LogP contribution in [0.25, 0.3) is 11.0 Å². The third kappa shape index (κ3) is 4.66. The van der Waals surface area contributed by atoms with Crippen LogP contribution in [-0.2, 0) is 11.3 Å². The Kier molecular flexibility index (Phi) is 6.24. The number of carbonyl (C=O) groups excluding carboxylic acids is 2. The van der Waals surface area contributed by atoms with E-state index in [0.717, 1.165) is 16.7 Å². The molecule has 0 atom stereocenters. The van der Waals surface area contributed by atoms with Crippen LogP contribution in [0.4, 0.5) is 10.5 Å². The van der Waals surface area contributed by atoms with Crippen LogP contribution in [0.3, 0.4) is 0 Å². The average molecular weight is 424 g/mol. The fourth-order valence-corrected chi connectivity index (χ4v) is 3.21. The van der Waals surface area contributed by atoms with Crippen molar-refractivity contribution in [3.05, 3.63) is 73.3 Å². The van der Waals surface area contributed by atoms with E-state index in [2.05, 4.69) is 15.3 Å². The minimum absolute atomic E-state index is 0.207. The highest BCUT2D eigenvalue weighted by Crippen LogP contribution is 2.23. The Morgan fingerprint density at radius 3 is 2.35 bits per heavy atom. The minimum Gasteiger partial charge on any atom is -0.462 e. The SMILES string of the molecule is CCOC(=O)c1ccc(NC(=O)N(C)Cc2c(C)c(C)cc3[nH]c(=O)c(=O)[nH]c23)cc1. The van der Waals surface area contributed by atoms with E-state index in [1.54, 1.807) is 44.3 Å². The maximum atomic E-state index is 12.7. The van der Waals surface area contributed by atoms with Crippen LogP contribution in [0, 0.1) is 13.8 Å². The minimum atomic E-state index is -0.745. The number of rotatable bonds is 5. The summed E-state index contributed by atoms with van der Waals surface area (Å²) in [4.78, 5) is 54.6. The number of nitrogens with one attached hydrogen (secondary N) is 3. The van der Waals surface area contributed by atoms with E-state index >= 15 is 0 Å². The van der Waals surface area contributed by atoms with Crippen LogP contribution in [0.15, 0.2) is 39.9 Å². The molecule has 31 heavy (non-hydrogen) atoms. The molecule has 3 N–H and O–H groups in total. The molecular formula is C22H24N4O5. The first-order valence-corrected chi connectivity index (χ1v) is 9.76. The molecule has 0 fully saturated rings. The van der Waals surface area contributed by atoms with Crippen LogP contribution in [0.2, 0.25) is 0 Å². The molecule has 9 nitrogen and oxygen atoms in total. The molecule has 0 radical (unpaired) electrons. The van der Waals surface area contributed by atoms with E-state index in [1.807, 2.05) is 13.8 Å². The van der Waals surface area contributed by atoms with Gasteiger partial charge in [0.15, 0.2) is 0 Å². The first kappa shape index (κ1) is 21.8. The molecule has 9 heteroatoms. The van der Waals surface area contributed by atoms with E-state index in [-0.39, 0.29) is 19.2 Å². The zero-order chi connectivity index (χ0) is 22.7. The number of aryl methyl sites for hydroxylation is 1. The number of H-pyrrole nitrogens is 2. The van der Waals surface area contributed by atoms with E-state index in [9.17, 15) is 19.2 Å². The van der Waals surface area contributed by atoms with Gasteiger partial charge in [-0.2, -0.15) is 0 Å². The lowest BCUT2D eigenvalue weighted by atomic mass is 10.0. The first-order chi connectivity index (χ1) is 14.7. The second-order valence-corrected chi connectivity index (χ2v) is 7.21. The van der Waals surface area contributed by atoms with Gasteiger partial charge in [-0.05, 0) is 62.2 Å². The lowest BCUT2D eigenvalue weighted by molar-refractivity contribution is 0.0526. The molecule has 0 spiro atoms. The smallest absolute Gasteiger partial charge is 0.338 e. The molecule has 2 amide bonds. The third-order valence-corrected chi connectivity index (χ3v) is 5.06. The van der Waals surface area contributed by atoms with Gasteiger partial charge in [0, 0.05) is 24.8 Å². The van der Waals surface area contributed by atoms with Crippen molar-refractivity contribution in [2.75, 3.05) is 19.0 Å².